The molecular formula is C16H19FN2O. The van der Waals surface area contributed by atoms with Crippen LogP contribution in [0.1, 0.15) is 24.5 Å². The highest BCUT2D eigenvalue weighted by Gasteiger charge is 2.07. The van der Waals surface area contributed by atoms with Crippen LogP contribution in [0.3, 0.4) is 0 Å². The van der Waals surface area contributed by atoms with Gasteiger partial charge in [-0.05, 0) is 31.7 Å². The zero-order valence-corrected chi connectivity index (χ0v) is 11.9. The maximum atomic E-state index is 13.6. The van der Waals surface area contributed by atoms with Crippen LogP contribution in [0.5, 0.6) is 0 Å². The third-order valence-corrected chi connectivity index (χ3v) is 2.75. The number of aliphatic hydroxyl groups is 1. The second-order valence-corrected chi connectivity index (χ2v) is 4.82. The van der Waals surface area contributed by atoms with Crippen molar-refractivity contribution in [1.82, 2.24) is 4.90 Å². The molecule has 4 heteroatoms. The first kappa shape index (κ1) is 16.2. The Hall–Kier alpha value is -1.88. The molecule has 1 atom stereocenters. The molecule has 0 fully saturated rings. The molecule has 0 saturated carbocycles. The van der Waals surface area contributed by atoms with Crippen LogP contribution in [-0.4, -0.2) is 30.2 Å². The van der Waals surface area contributed by atoms with Gasteiger partial charge < -0.3 is 10.0 Å². The van der Waals surface area contributed by atoms with E-state index in [0.29, 0.717) is 25.1 Å². The van der Waals surface area contributed by atoms with Crippen molar-refractivity contribution >= 4 is 0 Å². The molecule has 3 nitrogen and oxygen atoms in total. The van der Waals surface area contributed by atoms with Gasteiger partial charge in [0.1, 0.15) is 5.82 Å². The molecule has 0 aliphatic rings. The van der Waals surface area contributed by atoms with Gasteiger partial charge >= 0.3 is 0 Å². The zero-order chi connectivity index (χ0) is 15.0. The van der Waals surface area contributed by atoms with Crippen LogP contribution in [-0.2, 0) is 6.54 Å². The molecular weight excluding hydrogens is 255 g/mol. The van der Waals surface area contributed by atoms with Gasteiger partial charge in [0, 0.05) is 19.5 Å². The normalized spacial score (nSPS) is 11.6. The molecule has 0 spiro atoms. The molecule has 0 aliphatic heterocycles. The summed E-state index contributed by atoms with van der Waals surface area (Å²) in [6, 6.07) is 7.03. The van der Waals surface area contributed by atoms with Crippen LogP contribution >= 0.6 is 0 Å². The Labute approximate surface area is 119 Å². The molecule has 0 aliphatic carbocycles. The van der Waals surface area contributed by atoms with Crippen molar-refractivity contribution in [3.8, 4) is 17.9 Å². The fraction of sp³-hybridized carbons (Fsp3) is 0.438. The maximum Gasteiger partial charge on any atom is 0.138 e. The van der Waals surface area contributed by atoms with Crippen molar-refractivity contribution in [2.24, 2.45) is 5.92 Å². The van der Waals surface area contributed by atoms with Crippen molar-refractivity contribution in [3.63, 3.8) is 0 Å². The van der Waals surface area contributed by atoms with Crippen LogP contribution in [0.4, 0.5) is 4.39 Å². The average molecular weight is 274 g/mol. The molecule has 0 bridgehead atoms. The first-order valence-corrected chi connectivity index (χ1v) is 6.53. The Morgan fingerprint density at radius 3 is 2.85 bits per heavy atom. The van der Waals surface area contributed by atoms with E-state index in [0.717, 1.165) is 5.56 Å². The van der Waals surface area contributed by atoms with Crippen LogP contribution in [0.2, 0.25) is 0 Å². The van der Waals surface area contributed by atoms with E-state index in [1.165, 1.54) is 6.07 Å². The van der Waals surface area contributed by atoms with Gasteiger partial charge in [-0.1, -0.05) is 17.9 Å². The molecule has 20 heavy (non-hydrogen) atoms. The van der Waals surface area contributed by atoms with Crippen molar-refractivity contribution in [3.05, 3.63) is 35.1 Å². The lowest BCUT2D eigenvalue weighted by Gasteiger charge is -2.17. The molecule has 0 saturated heterocycles. The molecule has 0 amide bonds. The van der Waals surface area contributed by atoms with Crippen molar-refractivity contribution in [2.75, 3.05) is 20.2 Å². The van der Waals surface area contributed by atoms with Crippen molar-refractivity contribution in [2.45, 2.75) is 19.9 Å². The first-order chi connectivity index (χ1) is 9.56. The molecule has 106 valence electrons. The number of hydrogen-bond acceptors (Lipinski definition) is 3. The van der Waals surface area contributed by atoms with Gasteiger partial charge in [0.05, 0.1) is 24.2 Å². The van der Waals surface area contributed by atoms with E-state index in [4.69, 9.17) is 10.4 Å². The monoisotopic (exact) mass is 274 g/mol. The van der Waals surface area contributed by atoms with Gasteiger partial charge in [-0.25, -0.2) is 4.39 Å². The smallest absolute Gasteiger partial charge is 0.138 e. The van der Waals surface area contributed by atoms with E-state index >= 15 is 0 Å². The SMILES string of the molecule is CC(C#N)CN(C)Cc1ccc(F)c(C#CCCO)c1. The lowest BCUT2D eigenvalue weighted by atomic mass is 10.1. The summed E-state index contributed by atoms with van der Waals surface area (Å²) in [4.78, 5) is 2.02. The van der Waals surface area contributed by atoms with Gasteiger partial charge in [0.2, 0.25) is 0 Å². The topological polar surface area (TPSA) is 47.3 Å². The van der Waals surface area contributed by atoms with Crippen LogP contribution in [0, 0.1) is 34.9 Å². The van der Waals surface area contributed by atoms with E-state index in [1.807, 2.05) is 18.9 Å². The fourth-order valence-electron chi connectivity index (χ4n) is 1.86. The van der Waals surface area contributed by atoms with Crippen molar-refractivity contribution < 1.29 is 9.50 Å². The third-order valence-electron chi connectivity index (χ3n) is 2.75. The van der Waals surface area contributed by atoms with Crippen LogP contribution in [0.15, 0.2) is 18.2 Å². The summed E-state index contributed by atoms with van der Waals surface area (Å²) >= 11 is 0. The number of rotatable bonds is 5. The van der Waals surface area contributed by atoms with Gasteiger partial charge in [-0.3, -0.25) is 0 Å². The third kappa shape index (κ3) is 5.40. The standard InChI is InChI=1S/C16H19FN2O/c1-13(10-18)11-19(2)12-14-6-7-16(17)15(9-14)5-3-4-8-20/h6-7,9,13,20H,4,8,11-12H2,1-2H3. The number of hydrogen-bond donors (Lipinski definition) is 1. The summed E-state index contributed by atoms with van der Waals surface area (Å²) in [6.45, 7) is 3.15. The Morgan fingerprint density at radius 1 is 1.45 bits per heavy atom. The molecule has 0 radical (unpaired) electrons. The van der Waals surface area contributed by atoms with Crippen LogP contribution < -0.4 is 0 Å². The highest BCUT2D eigenvalue weighted by Crippen LogP contribution is 2.12. The lowest BCUT2D eigenvalue weighted by molar-refractivity contribution is 0.303. The summed E-state index contributed by atoms with van der Waals surface area (Å²) in [5, 5.41) is 17.5. The molecule has 0 aromatic heterocycles. The minimum absolute atomic E-state index is 0.0247. The molecule has 1 rings (SSSR count). The highest BCUT2D eigenvalue weighted by atomic mass is 19.1. The Kier molecular flexibility index (Phi) is 6.73. The minimum Gasteiger partial charge on any atom is -0.395 e. The fourth-order valence-corrected chi connectivity index (χ4v) is 1.86. The van der Waals surface area contributed by atoms with E-state index in [2.05, 4.69) is 17.9 Å². The quantitative estimate of drug-likeness (QED) is 0.837. The molecule has 1 aromatic rings. The van der Waals surface area contributed by atoms with Gasteiger partial charge in [-0.2, -0.15) is 5.26 Å². The van der Waals surface area contributed by atoms with E-state index in [-0.39, 0.29) is 18.3 Å². The molecule has 1 unspecified atom stereocenters. The summed E-state index contributed by atoms with van der Waals surface area (Å²) in [6.07, 6.45) is 0.337. The van der Waals surface area contributed by atoms with Gasteiger partial charge in [-0.15, -0.1) is 0 Å². The van der Waals surface area contributed by atoms with Crippen molar-refractivity contribution in [1.29, 1.82) is 5.26 Å². The van der Waals surface area contributed by atoms with Gasteiger partial charge in [0.25, 0.3) is 0 Å². The largest absolute Gasteiger partial charge is 0.395 e. The zero-order valence-electron chi connectivity index (χ0n) is 11.9. The number of benzene rings is 1. The van der Waals surface area contributed by atoms with Crippen LogP contribution in [0.25, 0.3) is 0 Å². The second-order valence-electron chi connectivity index (χ2n) is 4.82. The number of aliphatic hydroxyl groups excluding tert-OH is 1. The maximum absolute atomic E-state index is 13.6. The summed E-state index contributed by atoms with van der Waals surface area (Å²) in [5.74, 6) is 5.05. The molecule has 1 aromatic carbocycles. The van der Waals surface area contributed by atoms with E-state index in [1.54, 1.807) is 12.1 Å². The number of nitrogens with zero attached hydrogens (tertiary/aromatic N) is 2. The first-order valence-electron chi connectivity index (χ1n) is 6.53. The Morgan fingerprint density at radius 2 is 2.20 bits per heavy atom. The summed E-state index contributed by atoms with van der Waals surface area (Å²) < 4.78 is 13.6. The summed E-state index contributed by atoms with van der Waals surface area (Å²) in [7, 11) is 1.92. The molecule has 0 heterocycles. The lowest BCUT2D eigenvalue weighted by Crippen LogP contribution is -2.23. The van der Waals surface area contributed by atoms with E-state index < -0.39 is 0 Å². The highest BCUT2D eigenvalue weighted by molar-refractivity contribution is 5.38. The predicted molar refractivity (Wildman–Crippen MR) is 76.1 cm³/mol. The number of nitriles is 1. The predicted octanol–water partition coefficient (Wildman–Crippen LogP) is 2.15. The number of halogens is 1. The second kappa shape index (κ2) is 8.32. The van der Waals surface area contributed by atoms with E-state index in [9.17, 15) is 4.39 Å². The molecule has 1 N–H and O–H groups in total. The van der Waals surface area contributed by atoms with Gasteiger partial charge in [0.15, 0.2) is 0 Å². The Bertz CT molecular complexity index is 540. The summed E-state index contributed by atoms with van der Waals surface area (Å²) in [5.41, 5.74) is 1.30. The Balaban J connectivity index is 2.75. The average Bonchev–Trinajstić information content (AvgIpc) is 2.42. The minimum atomic E-state index is -0.354.